The number of aromatic nitrogens is 1. The van der Waals surface area contributed by atoms with Gasteiger partial charge in [-0.2, -0.15) is 0 Å². The van der Waals surface area contributed by atoms with Crippen molar-refractivity contribution in [2.75, 3.05) is 19.7 Å². The van der Waals surface area contributed by atoms with E-state index in [4.69, 9.17) is 16.3 Å². The monoisotopic (exact) mass is 374 g/mol. The number of pyridine rings is 1. The minimum Gasteiger partial charge on any atom is -0.483 e. The van der Waals surface area contributed by atoms with E-state index in [0.29, 0.717) is 16.7 Å². The van der Waals surface area contributed by atoms with E-state index in [1.165, 1.54) is 0 Å². The van der Waals surface area contributed by atoms with Crippen molar-refractivity contribution in [3.05, 3.63) is 63.0 Å². The molecule has 0 bridgehead atoms. The Morgan fingerprint density at radius 1 is 1.27 bits per heavy atom. The number of rotatable bonds is 5. The van der Waals surface area contributed by atoms with Gasteiger partial charge in [0.25, 0.3) is 5.91 Å². The number of hydrogen-bond donors (Lipinski definition) is 1. The molecular formula is C20H23ClN2O3. The zero-order valence-electron chi connectivity index (χ0n) is 14.8. The van der Waals surface area contributed by atoms with Crippen LogP contribution < -0.4 is 10.3 Å². The highest BCUT2D eigenvalue weighted by Gasteiger charge is 2.23. The smallest absolute Gasteiger partial charge is 0.260 e. The number of carbonyl (C=O) groups excluding carboxylic acids is 1. The number of amides is 1. The average Bonchev–Trinajstić information content (AvgIpc) is 2.63. The number of likely N-dealkylation sites (tertiary alicyclic amines) is 1. The molecule has 1 aromatic heterocycles. The van der Waals surface area contributed by atoms with Gasteiger partial charge in [0.2, 0.25) is 5.56 Å². The fraction of sp³-hybridized carbons (Fsp3) is 0.400. The van der Waals surface area contributed by atoms with E-state index in [0.717, 1.165) is 43.5 Å². The van der Waals surface area contributed by atoms with E-state index in [9.17, 15) is 9.59 Å². The van der Waals surface area contributed by atoms with Gasteiger partial charge in [-0.05, 0) is 61.4 Å². The van der Waals surface area contributed by atoms with Crippen molar-refractivity contribution in [2.45, 2.75) is 26.2 Å². The maximum absolute atomic E-state index is 12.4. The molecule has 0 atom stereocenters. The van der Waals surface area contributed by atoms with Gasteiger partial charge in [-0.15, -0.1) is 0 Å². The standard InChI is InChI=1S/C20H23ClN2O3/c1-14-10-17(21)3-4-18(14)26-13-20(25)23-8-6-15(7-9-23)11-16-2-5-19(24)22-12-16/h2-5,10,12,15H,6-9,11,13H2,1H3,(H,22,24). The first kappa shape index (κ1) is 18.5. The lowest BCUT2D eigenvalue weighted by atomic mass is 9.91. The van der Waals surface area contributed by atoms with Gasteiger partial charge in [-0.1, -0.05) is 17.7 Å². The van der Waals surface area contributed by atoms with Crippen molar-refractivity contribution in [1.82, 2.24) is 9.88 Å². The number of nitrogens with one attached hydrogen (secondary N) is 1. The Bertz CT molecular complexity index is 806. The Morgan fingerprint density at radius 2 is 2.04 bits per heavy atom. The molecule has 0 unspecified atom stereocenters. The minimum atomic E-state index is -0.0786. The molecule has 1 aromatic carbocycles. The van der Waals surface area contributed by atoms with Crippen LogP contribution in [-0.4, -0.2) is 35.5 Å². The van der Waals surface area contributed by atoms with Crippen molar-refractivity contribution < 1.29 is 9.53 Å². The first-order valence-electron chi connectivity index (χ1n) is 8.85. The maximum atomic E-state index is 12.4. The molecule has 1 N–H and O–H groups in total. The maximum Gasteiger partial charge on any atom is 0.260 e. The number of halogens is 1. The number of piperidine rings is 1. The second-order valence-electron chi connectivity index (χ2n) is 6.79. The van der Waals surface area contributed by atoms with Crippen LogP contribution in [0, 0.1) is 12.8 Å². The predicted molar refractivity (Wildman–Crippen MR) is 102 cm³/mol. The van der Waals surface area contributed by atoms with E-state index < -0.39 is 0 Å². The van der Waals surface area contributed by atoms with Crippen molar-refractivity contribution in [2.24, 2.45) is 5.92 Å². The highest BCUT2D eigenvalue weighted by molar-refractivity contribution is 6.30. The summed E-state index contributed by atoms with van der Waals surface area (Å²) in [5.41, 5.74) is 1.98. The lowest BCUT2D eigenvalue weighted by Crippen LogP contribution is -2.41. The van der Waals surface area contributed by atoms with Crippen LogP contribution >= 0.6 is 11.6 Å². The number of aryl methyl sites for hydroxylation is 1. The van der Waals surface area contributed by atoms with Crippen LogP contribution in [0.4, 0.5) is 0 Å². The topological polar surface area (TPSA) is 62.4 Å². The molecule has 26 heavy (non-hydrogen) atoms. The molecule has 138 valence electrons. The summed E-state index contributed by atoms with van der Waals surface area (Å²) in [4.78, 5) is 28.1. The molecule has 0 spiro atoms. The summed E-state index contributed by atoms with van der Waals surface area (Å²) >= 11 is 5.93. The number of nitrogens with zero attached hydrogens (tertiary/aromatic N) is 1. The normalized spacial score (nSPS) is 15.1. The summed E-state index contributed by atoms with van der Waals surface area (Å²) in [6.07, 6.45) is 4.64. The molecular weight excluding hydrogens is 352 g/mol. The number of benzene rings is 1. The lowest BCUT2D eigenvalue weighted by molar-refractivity contribution is -0.134. The van der Waals surface area contributed by atoms with Gasteiger partial charge in [0.15, 0.2) is 6.61 Å². The fourth-order valence-corrected chi connectivity index (χ4v) is 3.52. The summed E-state index contributed by atoms with van der Waals surface area (Å²) in [5, 5.41) is 0.658. The summed E-state index contributed by atoms with van der Waals surface area (Å²) in [7, 11) is 0. The van der Waals surface area contributed by atoms with Crippen molar-refractivity contribution in [1.29, 1.82) is 0 Å². The summed E-state index contributed by atoms with van der Waals surface area (Å²) < 4.78 is 5.66. The third-order valence-corrected chi connectivity index (χ3v) is 5.06. The third kappa shape index (κ3) is 4.88. The average molecular weight is 375 g/mol. The Hall–Kier alpha value is -2.27. The Balaban J connectivity index is 1.45. The zero-order valence-corrected chi connectivity index (χ0v) is 15.6. The molecule has 1 saturated heterocycles. The quantitative estimate of drug-likeness (QED) is 0.874. The second kappa shape index (κ2) is 8.41. The van der Waals surface area contributed by atoms with Gasteiger partial charge in [-0.3, -0.25) is 9.59 Å². The van der Waals surface area contributed by atoms with Crippen LogP contribution in [0.1, 0.15) is 24.0 Å². The molecule has 0 radical (unpaired) electrons. The van der Waals surface area contributed by atoms with E-state index in [1.807, 2.05) is 24.0 Å². The first-order chi connectivity index (χ1) is 12.5. The number of aromatic amines is 1. The van der Waals surface area contributed by atoms with Crippen molar-refractivity contribution >= 4 is 17.5 Å². The molecule has 1 fully saturated rings. The van der Waals surface area contributed by atoms with E-state index in [1.54, 1.807) is 24.4 Å². The van der Waals surface area contributed by atoms with Gasteiger partial charge in [0.05, 0.1) is 0 Å². The Labute approximate surface area is 157 Å². The van der Waals surface area contributed by atoms with Gasteiger partial charge in [-0.25, -0.2) is 0 Å². The number of ether oxygens (including phenoxy) is 1. The van der Waals surface area contributed by atoms with Gasteiger partial charge in [0, 0.05) is 30.4 Å². The summed E-state index contributed by atoms with van der Waals surface area (Å²) in [6, 6.07) is 8.81. The van der Waals surface area contributed by atoms with Crippen LogP contribution in [-0.2, 0) is 11.2 Å². The second-order valence-corrected chi connectivity index (χ2v) is 7.22. The molecule has 1 amide bonds. The van der Waals surface area contributed by atoms with E-state index in [-0.39, 0.29) is 18.1 Å². The van der Waals surface area contributed by atoms with Crippen LogP contribution in [0.15, 0.2) is 41.3 Å². The van der Waals surface area contributed by atoms with Gasteiger partial charge in [0.1, 0.15) is 5.75 Å². The number of hydrogen-bond acceptors (Lipinski definition) is 3. The SMILES string of the molecule is Cc1cc(Cl)ccc1OCC(=O)N1CCC(Cc2ccc(=O)[nH]c2)CC1. The Morgan fingerprint density at radius 3 is 2.69 bits per heavy atom. The number of H-pyrrole nitrogens is 1. The molecule has 0 saturated carbocycles. The molecule has 2 aromatic rings. The van der Waals surface area contributed by atoms with Crippen LogP contribution in [0.3, 0.4) is 0 Å². The zero-order chi connectivity index (χ0) is 18.5. The minimum absolute atomic E-state index is 0.0156. The van der Waals surface area contributed by atoms with Crippen molar-refractivity contribution in [3.8, 4) is 5.75 Å². The van der Waals surface area contributed by atoms with Crippen molar-refractivity contribution in [3.63, 3.8) is 0 Å². The lowest BCUT2D eigenvalue weighted by Gasteiger charge is -2.32. The molecule has 1 aliphatic rings. The molecule has 1 aliphatic heterocycles. The highest BCUT2D eigenvalue weighted by Crippen LogP contribution is 2.23. The number of carbonyl (C=O) groups is 1. The highest BCUT2D eigenvalue weighted by atomic mass is 35.5. The molecule has 3 rings (SSSR count). The molecule has 5 nitrogen and oxygen atoms in total. The molecule has 2 heterocycles. The van der Waals surface area contributed by atoms with Crippen LogP contribution in [0.2, 0.25) is 5.02 Å². The summed E-state index contributed by atoms with van der Waals surface area (Å²) in [6.45, 7) is 3.45. The van der Waals surface area contributed by atoms with Gasteiger partial charge < -0.3 is 14.6 Å². The van der Waals surface area contributed by atoms with Gasteiger partial charge >= 0.3 is 0 Å². The van der Waals surface area contributed by atoms with Crippen LogP contribution in [0.25, 0.3) is 0 Å². The fourth-order valence-electron chi connectivity index (χ4n) is 3.30. The first-order valence-corrected chi connectivity index (χ1v) is 9.23. The predicted octanol–water partition coefficient (Wildman–Crippen LogP) is 3.20. The molecule has 0 aliphatic carbocycles. The summed E-state index contributed by atoms with van der Waals surface area (Å²) in [5.74, 6) is 1.24. The van der Waals surface area contributed by atoms with E-state index in [2.05, 4.69) is 4.98 Å². The van der Waals surface area contributed by atoms with E-state index >= 15 is 0 Å². The Kier molecular flexibility index (Phi) is 5.99. The molecule has 6 heteroatoms. The van der Waals surface area contributed by atoms with Crippen LogP contribution in [0.5, 0.6) is 5.75 Å². The largest absolute Gasteiger partial charge is 0.483 e. The third-order valence-electron chi connectivity index (χ3n) is 4.83.